The van der Waals surface area contributed by atoms with Crippen LogP contribution in [0.4, 0.5) is 5.69 Å². The lowest BCUT2D eigenvalue weighted by Crippen LogP contribution is -2.31. The summed E-state index contributed by atoms with van der Waals surface area (Å²) in [6, 6.07) is 13.4. The first-order valence-electron chi connectivity index (χ1n) is 8.25. The number of nitriles is 1. The number of carbonyl (C=O) groups excluding carboxylic acids is 1. The Morgan fingerprint density at radius 1 is 1.17 bits per heavy atom. The first-order chi connectivity index (χ1) is 11.8. The number of para-hydroxylation sites is 1. The number of benzene rings is 1. The molecule has 24 heavy (non-hydrogen) atoms. The smallest absolute Gasteiger partial charge is 0.270 e. The summed E-state index contributed by atoms with van der Waals surface area (Å²) in [5.41, 5.74) is 3.08. The van der Waals surface area contributed by atoms with E-state index in [9.17, 15) is 4.79 Å². The van der Waals surface area contributed by atoms with E-state index in [2.05, 4.69) is 27.3 Å². The van der Waals surface area contributed by atoms with Crippen molar-refractivity contribution in [2.75, 3.05) is 18.0 Å². The van der Waals surface area contributed by atoms with Gasteiger partial charge in [-0.1, -0.05) is 18.2 Å². The molecule has 1 aliphatic heterocycles. The molecule has 0 bridgehead atoms. The molecule has 1 saturated heterocycles. The fourth-order valence-electron chi connectivity index (χ4n) is 2.96. The van der Waals surface area contributed by atoms with Crippen molar-refractivity contribution in [3.05, 3.63) is 59.4 Å². The normalized spacial score (nSPS) is 14.0. The van der Waals surface area contributed by atoms with E-state index in [0.717, 1.165) is 18.7 Å². The van der Waals surface area contributed by atoms with Crippen LogP contribution in [0, 0.1) is 11.3 Å². The number of amides is 1. The van der Waals surface area contributed by atoms with E-state index >= 15 is 0 Å². The molecule has 2 aromatic rings. The first kappa shape index (κ1) is 16.0. The van der Waals surface area contributed by atoms with Crippen LogP contribution in [0.1, 0.15) is 40.9 Å². The molecule has 1 aromatic carbocycles. The van der Waals surface area contributed by atoms with Crippen LogP contribution >= 0.6 is 0 Å². The van der Waals surface area contributed by atoms with Crippen molar-refractivity contribution in [3.63, 3.8) is 0 Å². The predicted octanol–water partition coefficient (Wildman–Crippen LogP) is 2.87. The van der Waals surface area contributed by atoms with Crippen LogP contribution in [-0.2, 0) is 6.54 Å². The van der Waals surface area contributed by atoms with E-state index in [4.69, 9.17) is 5.26 Å². The molecule has 5 heteroatoms. The molecule has 0 unspecified atom stereocenters. The number of aromatic nitrogens is 1. The molecule has 2 heterocycles. The fourth-order valence-corrected chi connectivity index (χ4v) is 2.96. The highest BCUT2D eigenvalue weighted by Gasteiger charge is 2.15. The minimum absolute atomic E-state index is 0.229. The Morgan fingerprint density at radius 3 is 2.67 bits per heavy atom. The molecule has 1 aliphatic rings. The summed E-state index contributed by atoms with van der Waals surface area (Å²) in [7, 11) is 0. The summed E-state index contributed by atoms with van der Waals surface area (Å²) in [6.45, 7) is 2.61. The minimum atomic E-state index is -0.229. The largest absolute Gasteiger partial charge is 0.371 e. The van der Waals surface area contributed by atoms with Gasteiger partial charge in [-0.05, 0) is 43.0 Å². The SMILES string of the molecule is N#Cc1ccc(C(=O)NCc2ccccc2N2CCCCC2)nc1. The van der Waals surface area contributed by atoms with Gasteiger partial charge < -0.3 is 10.2 Å². The number of nitrogens with one attached hydrogen (secondary N) is 1. The number of pyridine rings is 1. The highest BCUT2D eigenvalue weighted by Crippen LogP contribution is 2.24. The van der Waals surface area contributed by atoms with Crippen molar-refractivity contribution >= 4 is 11.6 Å². The molecule has 122 valence electrons. The third-order valence-electron chi connectivity index (χ3n) is 4.25. The van der Waals surface area contributed by atoms with Gasteiger partial charge in [0.05, 0.1) is 5.56 Å². The highest BCUT2D eigenvalue weighted by atomic mass is 16.1. The van der Waals surface area contributed by atoms with Gasteiger partial charge in [0.2, 0.25) is 0 Å². The minimum Gasteiger partial charge on any atom is -0.371 e. The Balaban J connectivity index is 1.67. The number of nitrogens with zero attached hydrogens (tertiary/aromatic N) is 3. The second kappa shape index (κ2) is 7.60. The topological polar surface area (TPSA) is 69.0 Å². The van der Waals surface area contributed by atoms with Gasteiger partial charge in [-0.15, -0.1) is 0 Å². The molecule has 0 spiro atoms. The maximum Gasteiger partial charge on any atom is 0.270 e. The van der Waals surface area contributed by atoms with Gasteiger partial charge in [0, 0.05) is 31.5 Å². The molecule has 5 nitrogen and oxygen atoms in total. The van der Waals surface area contributed by atoms with Crippen LogP contribution in [0.2, 0.25) is 0 Å². The van der Waals surface area contributed by atoms with Crippen molar-refractivity contribution in [1.82, 2.24) is 10.3 Å². The Labute approximate surface area is 141 Å². The van der Waals surface area contributed by atoms with Crippen LogP contribution in [0.25, 0.3) is 0 Å². The molecule has 1 amide bonds. The fraction of sp³-hybridized carbons (Fsp3) is 0.316. The predicted molar refractivity (Wildman–Crippen MR) is 92.6 cm³/mol. The zero-order valence-corrected chi connectivity index (χ0v) is 13.5. The second-order valence-corrected chi connectivity index (χ2v) is 5.90. The average molecular weight is 320 g/mol. The van der Waals surface area contributed by atoms with Crippen molar-refractivity contribution in [3.8, 4) is 6.07 Å². The lowest BCUT2D eigenvalue weighted by Gasteiger charge is -2.30. The standard InChI is InChI=1S/C19H20N4O/c20-12-15-8-9-17(21-13-15)19(24)22-14-16-6-2-3-7-18(16)23-10-4-1-5-11-23/h2-3,6-9,13H,1,4-5,10-11,14H2,(H,22,24). The van der Waals surface area contributed by atoms with E-state index in [-0.39, 0.29) is 5.91 Å². The lowest BCUT2D eigenvalue weighted by molar-refractivity contribution is 0.0946. The number of carbonyl (C=O) groups is 1. The summed E-state index contributed by atoms with van der Waals surface area (Å²) < 4.78 is 0. The number of hydrogen-bond donors (Lipinski definition) is 1. The van der Waals surface area contributed by atoms with Crippen LogP contribution in [0.5, 0.6) is 0 Å². The van der Waals surface area contributed by atoms with Gasteiger partial charge in [-0.3, -0.25) is 4.79 Å². The molecular weight excluding hydrogens is 300 g/mol. The molecular formula is C19H20N4O. The van der Waals surface area contributed by atoms with Crippen LogP contribution in [0.3, 0.4) is 0 Å². The molecule has 1 aromatic heterocycles. The van der Waals surface area contributed by atoms with Crippen LogP contribution in [-0.4, -0.2) is 24.0 Å². The van der Waals surface area contributed by atoms with Gasteiger partial charge in [0.1, 0.15) is 11.8 Å². The summed E-state index contributed by atoms with van der Waals surface area (Å²) >= 11 is 0. The van der Waals surface area contributed by atoms with Crippen molar-refractivity contribution in [2.45, 2.75) is 25.8 Å². The molecule has 1 N–H and O–H groups in total. The van der Waals surface area contributed by atoms with Crippen molar-refractivity contribution in [1.29, 1.82) is 5.26 Å². The van der Waals surface area contributed by atoms with E-state index in [1.807, 2.05) is 18.2 Å². The second-order valence-electron chi connectivity index (χ2n) is 5.90. The Hall–Kier alpha value is -2.87. The van der Waals surface area contributed by atoms with E-state index in [0.29, 0.717) is 17.8 Å². The zero-order chi connectivity index (χ0) is 16.8. The first-order valence-corrected chi connectivity index (χ1v) is 8.25. The molecule has 0 radical (unpaired) electrons. The number of piperidine rings is 1. The van der Waals surface area contributed by atoms with Gasteiger partial charge >= 0.3 is 0 Å². The van der Waals surface area contributed by atoms with Crippen molar-refractivity contribution in [2.24, 2.45) is 0 Å². The van der Waals surface area contributed by atoms with Gasteiger partial charge in [-0.25, -0.2) is 4.98 Å². The van der Waals surface area contributed by atoms with Gasteiger partial charge in [0.25, 0.3) is 5.91 Å². The summed E-state index contributed by atoms with van der Waals surface area (Å²) in [5, 5.41) is 11.7. The summed E-state index contributed by atoms with van der Waals surface area (Å²) in [4.78, 5) is 18.7. The number of rotatable bonds is 4. The number of hydrogen-bond acceptors (Lipinski definition) is 4. The van der Waals surface area contributed by atoms with E-state index < -0.39 is 0 Å². The Bertz CT molecular complexity index is 743. The molecule has 0 aliphatic carbocycles. The van der Waals surface area contributed by atoms with Crippen LogP contribution in [0.15, 0.2) is 42.6 Å². The maximum absolute atomic E-state index is 12.2. The van der Waals surface area contributed by atoms with Crippen molar-refractivity contribution < 1.29 is 4.79 Å². The third kappa shape index (κ3) is 3.72. The third-order valence-corrected chi connectivity index (χ3v) is 4.25. The van der Waals surface area contributed by atoms with Gasteiger partial charge in [0.15, 0.2) is 0 Å². The van der Waals surface area contributed by atoms with Crippen LogP contribution < -0.4 is 10.2 Å². The molecule has 1 fully saturated rings. The van der Waals surface area contributed by atoms with E-state index in [1.54, 1.807) is 12.1 Å². The highest BCUT2D eigenvalue weighted by molar-refractivity contribution is 5.92. The monoisotopic (exact) mass is 320 g/mol. The van der Waals surface area contributed by atoms with E-state index in [1.165, 1.54) is 31.1 Å². The molecule has 0 saturated carbocycles. The molecule has 0 atom stereocenters. The molecule has 3 rings (SSSR count). The zero-order valence-electron chi connectivity index (χ0n) is 13.5. The summed E-state index contributed by atoms with van der Waals surface area (Å²) in [5.74, 6) is -0.229. The van der Waals surface area contributed by atoms with Gasteiger partial charge in [-0.2, -0.15) is 5.26 Å². The summed E-state index contributed by atoms with van der Waals surface area (Å²) in [6.07, 6.45) is 5.14. The maximum atomic E-state index is 12.2. The quantitative estimate of drug-likeness (QED) is 0.940. The average Bonchev–Trinajstić information content (AvgIpc) is 2.67. The Morgan fingerprint density at radius 2 is 1.96 bits per heavy atom. The lowest BCUT2D eigenvalue weighted by atomic mass is 10.1. The number of anilines is 1. The Kier molecular flexibility index (Phi) is 5.07.